The first-order chi connectivity index (χ1) is 23.5. The molecule has 49 heavy (non-hydrogen) atoms. The Kier molecular flexibility index (Phi) is 7.44. The number of para-hydroxylation sites is 3. The molecule has 8 rings (SSSR count). The van der Waals surface area contributed by atoms with Gasteiger partial charge in [0.25, 0.3) is 11.8 Å². The zero-order valence-electron chi connectivity index (χ0n) is 25.8. The predicted octanol–water partition coefficient (Wildman–Crippen LogP) is 6.84. The second kappa shape index (κ2) is 11.4. The van der Waals surface area contributed by atoms with Gasteiger partial charge in [0.2, 0.25) is 17.7 Å². The Bertz CT molecular complexity index is 2120. The van der Waals surface area contributed by atoms with Gasteiger partial charge in [-0.05, 0) is 67.1 Å². The number of fused-ring (bicyclic) bond motifs is 5. The number of amides is 4. The summed E-state index contributed by atoms with van der Waals surface area (Å²) in [6.45, 7) is 3.78. The van der Waals surface area contributed by atoms with Crippen LogP contribution in [0.2, 0.25) is 0 Å². The Balaban J connectivity index is 1.20. The molecular formula is C37H28BrCl2N3O6. The number of hydrogen-bond donors (Lipinski definition) is 1. The van der Waals surface area contributed by atoms with E-state index in [9.17, 15) is 24.3 Å². The van der Waals surface area contributed by atoms with Crippen LogP contribution in [0.25, 0.3) is 22.6 Å². The molecule has 1 saturated carbocycles. The molecule has 4 aliphatic rings. The maximum Gasteiger partial charge on any atom is 0.254 e. The number of phenolic OH excluding ortho intramolecular Hbond substituents is 1. The molecule has 1 aromatic heterocycles. The molecule has 3 aromatic carbocycles. The van der Waals surface area contributed by atoms with Crippen LogP contribution in [-0.2, 0) is 25.6 Å². The predicted molar refractivity (Wildman–Crippen MR) is 187 cm³/mol. The van der Waals surface area contributed by atoms with Crippen molar-refractivity contribution in [1.29, 1.82) is 0 Å². The Morgan fingerprint density at radius 1 is 0.980 bits per heavy atom. The van der Waals surface area contributed by atoms with E-state index in [1.165, 1.54) is 4.90 Å². The highest BCUT2D eigenvalue weighted by Gasteiger charge is 2.76. The average Bonchev–Trinajstić information content (AvgIpc) is 3.69. The van der Waals surface area contributed by atoms with Gasteiger partial charge in [-0.2, -0.15) is 0 Å². The monoisotopic (exact) mass is 759 g/mol. The summed E-state index contributed by atoms with van der Waals surface area (Å²) in [5.74, 6) is -5.25. The van der Waals surface area contributed by atoms with Gasteiger partial charge in [0.15, 0.2) is 15.3 Å². The molecule has 2 aliphatic heterocycles. The maximum absolute atomic E-state index is 14.4. The fourth-order valence-electron chi connectivity index (χ4n) is 8.27. The third kappa shape index (κ3) is 4.33. The van der Waals surface area contributed by atoms with Gasteiger partial charge in [0, 0.05) is 17.0 Å². The Labute approximate surface area is 299 Å². The van der Waals surface area contributed by atoms with Crippen LogP contribution < -0.4 is 4.90 Å². The fourth-order valence-corrected chi connectivity index (χ4v) is 9.68. The van der Waals surface area contributed by atoms with Crippen molar-refractivity contribution in [3.8, 4) is 17.2 Å². The van der Waals surface area contributed by atoms with Crippen LogP contribution in [0.4, 0.5) is 5.69 Å². The number of aromatic nitrogens is 1. The summed E-state index contributed by atoms with van der Waals surface area (Å²) in [6.07, 6.45) is 3.88. The average molecular weight is 761 g/mol. The summed E-state index contributed by atoms with van der Waals surface area (Å²) < 4.78 is 5.89. The van der Waals surface area contributed by atoms with E-state index < -0.39 is 51.1 Å². The van der Waals surface area contributed by atoms with Crippen LogP contribution in [0.15, 0.2) is 95.5 Å². The first-order valence-electron chi connectivity index (χ1n) is 15.8. The summed E-state index contributed by atoms with van der Waals surface area (Å²) in [7, 11) is 0. The van der Waals surface area contributed by atoms with Crippen LogP contribution in [-0.4, -0.2) is 53.8 Å². The third-order valence-corrected chi connectivity index (χ3v) is 12.4. The summed E-state index contributed by atoms with van der Waals surface area (Å²) in [5, 5.41) is 11.5. The minimum Gasteiger partial charge on any atom is -0.507 e. The number of oxazole rings is 1. The molecule has 1 N–H and O–H groups in total. The van der Waals surface area contributed by atoms with E-state index in [1.54, 1.807) is 48.5 Å². The minimum absolute atomic E-state index is 0.0952. The number of halogens is 3. The molecule has 2 saturated heterocycles. The molecule has 0 radical (unpaired) electrons. The number of carbonyl (C=O) groups is 4. The molecule has 0 spiro atoms. The molecule has 4 amide bonds. The number of aromatic hydroxyl groups is 1. The first-order valence-corrected chi connectivity index (χ1v) is 17.7. The molecule has 2 aliphatic carbocycles. The van der Waals surface area contributed by atoms with Gasteiger partial charge in [-0.3, -0.25) is 29.0 Å². The minimum atomic E-state index is -2.01. The van der Waals surface area contributed by atoms with E-state index in [2.05, 4.69) is 27.5 Å². The highest BCUT2D eigenvalue weighted by Crippen LogP contribution is 2.66. The van der Waals surface area contributed by atoms with Gasteiger partial charge in [-0.1, -0.05) is 64.0 Å². The zero-order chi connectivity index (χ0) is 34.4. The topological polar surface area (TPSA) is 121 Å². The number of nitrogens with zero attached hydrogens (tertiary/aromatic N) is 3. The van der Waals surface area contributed by atoms with Crippen molar-refractivity contribution in [3.05, 3.63) is 102 Å². The number of benzene rings is 3. The Morgan fingerprint density at radius 3 is 2.45 bits per heavy atom. The Hall–Kier alpha value is -4.25. The van der Waals surface area contributed by atoms with Gasteiger partial charge < -0.3 is 9.52 Å². The summed E-state index contributed by atoms with van der Waals surface area (Å²) in [6, 6.07) is 19.4. The molecule has 3 heterocycles. The van der Waals surface area contributed by atoms with E-state index in [0.29, 0.717) is 51.4 Å². The van der Waals surface area contributed by atoms with Crippen molar-refractivity contribution in [1.82, 2.24) is 9.88 Å². The number of alkyl halides is 3. The molecule has 0 bridgehead atoms. The number of likely N-dealkylation sites (tertiary alicyclic amines) is 1. The van der Waals surface area contributed by atoms with Crippen LogP contribution in [0.5, 0.6) is 5.75 Å². The molecule has 3 fully saturated rings. The summed E-state index contributed by atoms with van der Waals surface area (Å²) in [5.41, 5.74) is 3.76. The number of rotatable bonds is 6. The van der Waals surface area contributed by atoms with E-state index in [0.717, 1.165) is 4.90 Å². The van der Waals surface area contributed by atoms with E-state index in [4.69, 9.17) is 27.6 Å². The normalized spacial score (nSPS) is 29.2. The number of anilines is 1. The molecule has 4 aromatic rings. The largest absolute Gasteiger partial charge is 0.507 e. The molecule has 6 atom stereocenters. The van der Waals surface area contributed by atoms with E-state index in [1.807, 2.05) is 30.3 Å². The highest BCUT2D eigenvalue weighted by molar-refractivity contribution is 9.09. The lowest BCUT2D eigenvalue weighted by Crippen LogP contribution is -2.60. The first kappa shape index (κ1) is 32.0. The van der Waals surface area contributed by atoms with Crippen molar-refractivity contribution >= 4 is 79.5 Å². The van der Waals surface area contributed by atoms with Crippen molar-refractivity contribution in [3.63, 3.8) is 0 Å². The molecule has 12 heteroatoms. The zero-order valence-corrected chi connectivity index (χ0v) is 28.9. The number of imide groups is 2. The van der Waals surface area contributed by atoms with Gasteiger partial charge in [-0.15, -0.1) is 29.8 Å². The van der Waals surface area contributed by atoms with Crippen LogP contribution >= 0.6 is 39.1 Å². The standard InChI is InChI=1S/C37H28BrCl2N3O6/c1-2-6-19-7-5-8-24(30(19)44)29-22-15-16-23-28(25(22)17-36(39)34(47)42(18-38)35(48)37(29,36)40)33(46)43(32(23)45)21-13-11-20(12-14-21)31-41-26-9-3-4-10-27(26)49-31/h2-5,7-15,23,25,28-29,44H,1,6,16-18H2/t23-,25+,28-,29+,36+,37-/m0/s1. The van der Waals surface area contributed by atoms with Crippen LogP contribution in [0, 0.1) is 17.8 Å². The van der Waals surface area contributed by atoms with Gasteiger partial charge in [0.1, 0.15) is 11.3 Å². The second-order valence-corrected chi connectivity index (χ2v) is 14.6. The lowest BCUT2D eigenvalue weighted by molar-refractivity contribution is -0.138. The van der Waals surface area contributed by atoms with Crippen molar-refractivity contribution in [2.45, 2.75) is 34.9 Å². The van der Waals surface area contributed by atoms with E-state index in [-0.39, 0.29) is 30.0 Å². The highest BCUT2D eigenvalue weighted by atomic mass is 79.9. The molecular weight excluding hydrogens is 733 g/mol. The molecule has 248 valence electrons. The van der Waals surface area contributed by atoms with Gasteiger partial charge >= 0.3 is 0 Å². The van der Waals surface area contributed by atoms with Crippen molar-refractivity contribution < 1.29 is 28.7 Å². The summed E-state index contributed by atoms with van der Waals surface area (Å²) in [4.78, 5) is 59.1. The van der Waals surface area contributed by atoms with E-state index >= 15 is 0 Å². The maximum atomic E-state index is 14.4. The number of hydrogen-bond acceptors (Lipinski definition) is 7. The molecule has 0 unspecified atom stereocenters. The smallest absolute Gasteiger partial charge is 0.254 e. The molecule has 9 nitrogen and oxygen atoms in total. The van der Waals surface area contributed by atoms with Crippen molar-refractivity contribution in [2.75, 3.05) is 10.4 Å². The van der Waals surface area contributed by atoms with Crippen LogP contribution in [0.1, 0.15) is 29.9 Å². The summed E-state index contributed by atoms with van der Waals surface area (Å²) >= 11 is 17.9. The quantitative estimate of drug-likeness (QED) is 0.0989. The lowest BCUT2D eigenvalue weighted by atomic mass is 9.56. The van der Waals surface area contributed by atoms with Gasteiger partial charge in [0.05, 0.1) is 23.0 Å². The fraction of sp³-hybridized carbons (Fsp3) is 0.270. The SMILES string of the molecule is C=CCc1cccc([C@H]2C3=CC[C@@H]4C(=O)N(c5ccc(-c6nc7ccccc7o6)cc5)C(=O)[C@@H]4[C@@H]3C[C@@]3(Cl)C(=O)N(CBr)C(=O)[C@@]23Cl)c1O. The van der Waals surface area contributed by atoms with Crippen LogP contribution in [0.3, 0.4) is 0 Å². The number of carbonyl (C=O) groups excluding carboxylic acids is 4. The van der Waals surface area contributed by atoms with Gasteiger partial charge in [-0.25, -0.2) is 4.98 Å². The Morgan fingerprint density at radius 2 is 1.73 bits per heavy atom. The number of phenols is 1. The lowest BCUT2D eigenvalue weighted by Gasteiger charge is -2.50. The third-order valence-electron chi connectivity index (χ3n) is 10.5. The number of allylic oxidation sites excluding steroid dienone is 3. The van der Waals surface area contributed by atoms with Crippen molar-refractivity contribution in [2.24, 2.45) is 17.8 Å². The second-order valence-electron chi connectivity index (χ2n) is 12.9.